The molecule has 0 fully saturated rings. The molecule has 0 aliphatic heterocycles. The van der Waals surface area contributed by atoms with Crippen molar-refractivity contribution in [2.24, 2.45) is 0 Å². The van der Waals surface area contributed by atoms with Crippen molar-refractivity contribution in [1.82, 2.24) is 0 Å². The van der Waals surface area contributed by atoms with Gasteiger partial charge in [-0.15, -0.1) is 0 Å². The number of hydrogen-bond donors (Lipinski definition) is 0. The molecule has 0 spiro atoms. The van der Waals surface area contributed by atoms with Gasteiger partial charge >= 0.3 is 0 Å². The third-order valence-corrected chi connectivity index (χ3v) is 10.3. The summed E-state index contributed by atoms with van der Waals surface area (Å²) in [5.74, 6) is 0. The molecule has 0 nitrogen and oxygen atoms in total. The van der Waals surface area contributed by atoms with Crippen molar-refractivity contribution in [3.8, 4) is 0 Å². The minimum atomic E-state index is -0.653. The highest BCUT2D eigenvalue weighted by Gasteiger charge is 2.40. The molecule has 18 heavy (non-hydrogen) atoms. The lowest BCUT2D eigenvalue weighted by Crippen LogP contribution is -2.20. The van der Waals surface area contributed by atoms with Gasteiger partial charge in [-0.05, 0) is 32.6 Å². The lowest BCUT2D eigenvalue weighted by atomic mass is 10.3. The van der Waals surface area contributed by atoms with Crippen LogP contribution in [0.25, 0.3) is 0 Å². The van der Waals surface area contributed by atoms with Gasteiger partial charge in [0.1, 0.15) is 0 Å². The second-order valence-corrected chi connectivity index (χ2v) is 10.7. The molecule has 0 aromatic heterocycles. The summed E-state index contributed by atoms with van der Waals surface area (Å²) in [7, 11) is -0.653. The molecule has 0 N–H and O–H groups in total. The smallest absolute Gasteiger partial charge is 0.0652 e. The lowest BCUT2D eigenvalue weighted by Gasteiger charge is -2.33. The summed E-state index contributed by atoms with van der Waals surface area (Å²) in [5.41, 5.74) is 1.03. The maximum Gasteiger partial charge on any atom is 0.0669 e. The molecule has 0 radical (unpaired) electrons. The molecule has 1 heteroatoms. The average Bonchev–Trinajstić information content (AvgIpc) is 2.38. The highest BCUT2D eigenvalue weighted by Crippen LogP contribution is 2.65. The Hall–Kier alpha value is 0.430. The maximum absolute atomic E-state index is 2.58. The van der Waals surface area contributed by atoms with Crippen LogP contribution in [0.3, 0.4) is 0 Å². The molecule has 1 atom stereocenters. The summed E-state index contributed by atoms with van der Waals surface area (Å²) < 4.78 is 0. The minimum absolute atomic E-state index is 0.653. The number of unbranched alkanes of at least 4 members (excludes halogenated alkanes) is 3. The standard InChI is InChI=1S/C17H38P/c1-6-10-14-18(15-11-7-2,16-12-8-3)17(5)13-9-4/h17H,6-16H2,1-5H3/q+1. The van der Waals surface area contributed by atoms with Crippen LogP contribution in [0.4, 0.5) is 0 Å². The Morgan fingerprint density at radius 2 is 1.06 bits per heavy atom. The number of rotatable bonds is 12. The summed E-state index contributed by atoms with van der Waals surface area (Å²) in [5, 5.41) is 0. The molecule has 0 rings (SSSR count). The Kier molecular flexibility index (Phi) is 11.5. The first kappa shape index (κ1) is 18.4. The highest BCUT2D eigenvalue weighted by molar-refractivity contribution is 7.76. The van der Waals surface area contributed by atoms with Crippen molar-refractivity contribution in [2.75, 3.05) is 18.5 Å². The molecule has 0 aromatic carbocycles. The van der Waals surface area contributed by atoms with E-state index in [-0.39, 0.29) is 0 Å². The van der Waals surface area contributed by atoms with Crippen LogP contribution in [0.15, 0.2) is 0 Å². The van der Waals surface area contributed by atoms with Gasteiger partial charge in [-0.1, -0.05) is 53.4 Å². The number of hydrogen-bond acceptors (Lipinski definition) is 0. The Bertz CT molecular complexity index is 155. The highest BCUT2D eigenvalue weighted by atomic mass is 31.2. The van der Waals surface area contributed by atoms with Crippen LogP contribution in [-0.2, 0) is 0 Å². The van der Waals surface area contributed by atoms with Crippen molar-refractivity contribution >= 4 is 7.26 Å². The molecular weight excluding hydrogens is 235 g/mol. The largest absolute Gasteiger partial charge is 0.0669 e. The first-order valence-electron chi connectivity index (χ1n) is 8.52. The zero-order valence-corrected chi connectivity index (χ0v) is 14.7. The van der Waals surface area contributed by atoms with E-state index < -0.39 is 7.26 Å². The molecule has 1 unspecified atom stereocenters. The Morgan fingerprint density at radius 3 is 1.33 bits per heavy atom. The van der Waals surface area contributed by atoms with Crippen LogP contribution in [0.5, 0.6) is 0 Å². The van der Waals surface area contributed by atoms with E-state index in [4.69, 9.17) is 0 Å². The quantitative estimate of drug-likeness (QED) is 0.352. The average molecular weight is 273 g/mol. The summed E-state index contributed by atoms with van der Waals surface area (Å²) in [6.07, 6.45) is 16.2. The molecule has 0 aliphatic rings. The first-order chi connectivity index (χ1) is 8.66. The van der Waals surface area contributed by atoms with Gasteiger partial charge in [-0.25, -0.2) is 0 Å². The first-order valence-corrected chi connectivity index (χ1v) is 10.9. The van der Waals surface area contributed by atoms with Crippen LogP contribution in [0.1, 0.15) is 86.0 Å². The van der Waals surface area contributed by atoms with E-state index in [1.54, 1.807) is 18.5 Å². The third kappa shape index (κ3) is 6.55. The lowest BCUT2D eigenvalue weighted by molar-refractivity contribution is 0.743. The molecule has 0 bridgehead atoms. The molecule has 0 aliphatic carbocycles. The fourth-order valence-electron chi connectivity index (χ4n) is 3.11. The van der Waals surface area contributed by atoms with Gasteiger partial charge in [0.2, 0.25) is 0 Å². The van der Waals surface area contributed by atoms with E-state index in [1.165, 1.54) is 51.4 Å². The van der Waals surface area contributed by atoms with Crippen LogP contribution in [-0.4, -0.2) is 24.1 Å². The topological polar surface area (TPSA) is 0 Å². The Labute approximate surface area is 118 Å². The van der Waals surface area contributed by atoms with Gasteiger partial charge in [0.05, 0.1) is 24.1 Å². The summed E-state index contributed by atoms with van der Waals surface area (Å²) >= 11 is 0. The summed E-state index contributed by atoms with van der Waals surface area (Å²) in [4.78, 5) is 0. The van der Waals surface area contributed by atoms with E-state index in [9.17, 15) is 0 Å². The van der Waals surface area contributed by atoms with E-state index >= 15 is 0 Å². The van der Waals surface area contributed by atoms with E-state index in [2.05, 4.69) is 34.6 Å². The van der Waals surface area contributed by atoms with Crippen LogP contribution in [0.2, 0.25) is 0 Å². The van der Waals surface area contributed by atoms with Gasteiger partial charge in [-0.3, -0.25) is 0 Å². The van der Waals surface area contributed by atoms with Gasteiger partial charge in [-0.2, -0.15) is 0 Å². The van der Waals surface area contributed by atoms with Gasteiger partial charge < -0.3 is 0 Å². The molecule has 0 saturated heterocycles. The zero-order valence-electron chi connectivity index (χ0n) is 13.8. The monoisotopic (exact) mass is 273 g/mol. The minimum Gasteiger partial charge on any atom is -0.0652 e. The second kappa shape index (κ2) is 11.3. The third-order valence-electron chi connectivity index (χ3n) is 4.51. The SMILES string of the molecule is CCCC[P+](CCCC)(CCCC)C(C)CCC. The predicted molar refractivity (Wildman–Crippen MR) is 90.6 cm³/mol. The molecular formula is C17H38P+. The van der Waals surface area contributed by atoms with Crippen LogP contribution in [0, 0.1) is 0 Å². The molecule has 0 heterocycles. The molecule has 0 amide bonds. The van der Waals surface area contributed by atoms with Gasteiger partial charge in [0.15, 0.2) is 0 Å². The van der Waals surface area contributed by atoms with Crippen molar-refractivity contribution in [3.63, 3.8) is 0 Å². The molecule has 110 valence electrons. The van der Waals surface area contributed by atoms with Crippen molar-refractivity contribution in [1.29, 1.82) is 0 Å². The van der Waals surface area contributed by atoms with Crippen LogP contribution < -0.4 is 0 Å². The van der Waals surface area contributed by atoms with E-state index in [0.29, 0.717) is 0 Å². The second-order valence-electron chi connectivity index (χ2n) is 6.09. The normalized spacial score (nSPS) is 13.8. The summed E-state index contributed by atoms with van der Waals surface area (Å²) in [6, 6.07) is 0. The van der Waals surface area contributed by atoms with Crippen molar-refractivity contribution in [2.45, 2.75) is 91.6 Å². The van der Waals surface area contributed by atoms with Gasteiger partial charge in [0, 0.05) is 7.26 Å². The van der Waals surface area contributed by atoms with Gasteiger partial charge in [0.25, 0.3) is 0 Å². The van der Waals surface area contributed by atoms with Crippen LogP contribution >= 0.6 is 7.26 Å². The fourth-order valence-corrected chi connectivity index (χ4v) is 8.74. The summed E-state index contributed by atoms with van der Waals surface area (Å²) in [6.45, 7) is 12.0. The predicted octanol–water partition coefficient (Wildman–Crippen LogP) is 6.59. The van der Waals surface area contributed by atoms with E-state index in [0.717, 1.165) is 5.66 Å². The maximum atomic E-state index is 2.58. The molecule has 0 saturated carbocycles. The fraction of sp³-hybridized carbons (Fsp3) is 1.00. The van der Waals surface area contributed by atoms with Crippen molar-refractivity contribution < 1.29 is 0 Å². The Balaban J connectivity index is 4.72. The van der Waals surface area contributed by atoms with E-state index in [1.807, 2.05) is 0 Å². The van der Waals surface area contributed by atoms with Crippen molar-refractivity contribution in [3.05, 3.63) is 0 Å². The Morgan fingerprint density at radius 1 is 0.667 bits per heavy atom. The zero-order chi connectivity index (χ0) is 13.9. The molecule has 0 aromatic rings.